The first kappa shape index (κ1) is 12.9. The largest absolute Gasteiger partial charge is 0.464 e. The van der Waals surface area contributed by atoms with E-state index in [2.05, 4.69) is 9.72 Å². The smallest absolute Gasteiger partial charge is 0.357 e. The van der Waals surface area contributed by atoms with E-state index in [1.807, 2.05) is 0 Å². The van der Waals surface area contributed by atoms with Gasteiger partial charge in [-0.25, -0.2) is 18.6 Å². The number of aromatic nitrogens is 1. The molecule has 0 saturated heterocycles. The zero-order chi connectivity index (χ0) is 13.2. The summed E-state index contributed by atoms with van der Waals surface area (Å²) < 4.78 is 29.8. The molecule has 1 aromatic heterocycles. The minimum Gasteiger partial charge on any atom is -0.464 e. The van der Waals surface area contributed by atoms with Gasteiger partial charge in [-0.05, 0) is 6.92 Å². The van der Waals surface area contributed by atoms with E-state index in [1.54, 1.807) is 0 Å². The van der Waals surface area contributed by atoms with Crippen LogP contribution in [-0.4, -0.2) is 23.0 Å². The number of carbonyl (C=O) groups is 1. The Morgan fingerprint density at radius 1 is 1.59 bits per heavy atom. The Balaban J connectivity index is 3.50. The summed E-state index contributed by atoms with van der Waals surface area (Å²) in [5, 5.41) is 10.6. The number of hydrogen-bond acceptors (Lipinski definition) is 5. The third kappa shape index (κ3) is 2.35. The molecule has 17 heavy (non-hydrogen) atoms. The average Bonchev–Trinajstić information content (AvgIpc) is 2.26. The predicted octanol–water partition coefficient (Wildman–Crippen LogP) is 2.02. The SMILES string of the molecule is COC(=O)c1ncc([N+](=O)[O-])c(C)c1C(F)F. The maximum atomic E-state index is 12.8. The van der Waals surface area contributed by atoms with Crippen molar-refractivity contribution in [3.8, 4) is 0 Å². The van der Waals surface area contributed by atoms with Crippen LogP contribution in [0.4, 0.5) is 14.5 Å². The maximum Gasteiger partial charge on any atom is 0.357 e. The zero-order valence-electron chi connectivity index (χ0n) is 8.94. The molecule has 1 rings (SSSR count). The number of halogens is 2. The van der Waals surface area contributed by atoms with Gasteiger partial charge in [0.05, 0.1) is 17.6 Å². The van der Waals surface area contributed by atoms with E-state index in [0.29, 0.717) is 0 Å². The highest BCUT2D eigenvalue weighted by molar-refractivity contribution is 5.89. The number of rotatable bonds is 3. The summed E-state index contributed by atoms with van der Waals surface area (Å²) in [4.78, 5) is 24.3. The number of nitro groups is 1. The number of esters is 1. The van der Waals surface area contributed by atoms with Gasteiger partial charge < -0.3 is 4.74 Å². The monoisotopic (exact) mass is 246 g/mol. The van der Waals surface area contributed by atoms with Gasteiger partial charge >= 0.3 is 5.97 Å². The van der Waals surface area contributed by atoms with Crippen molar-refractivity contribution in [3.63, 3.8) is 0 Å². The fourth-order valence-corrected chi connectivity index (χ4v) is 1.32. The second-order valence-corrected chi connectivity index (χ2v) is 3.08. The molecule has 0 bridgehead atoms. The molecule has 0 saturated carbocycles. The van der Waals surface area contributed by atoms with Gasteiger partial charge in [-0.15, -0.1) is 0 Å². The summed E-state index contributed by atoms with van der Waals surface area (Å²) in [5.74, 6) is -1.06. The quantitative estimate of drug-likeness (QED) is 0.463. The molecule has 0 aliphatic rings. The van der Waals surface area contributed by atoms with Crippen molar-refractivity contribution >= 4 is 11.7 Å². The molecule has 0 aliphatic carbocycles. The molecule has 0 amide bonds. The molecular weight excluding hydrogens is 238 g/mol. The van der Waals surface area contributed by atoms with E-state index in [9.17, 15) is 23.7 Å². The highest BCUT2D eigenvalue weighted by Crippen LogP contribution is 2.30. The summed E-state index contributed by atoms with van der Waals surface area (Å²) in [6.07, 6.45) is -2.29. The Morgan fingerprint density at radius 3 is 2.59 bits per heavy atom. The summed E-state index contributed by atoms with van der Waals surface area (Å²) in [6, 6.07) is 0. The van der Waals surface area contributed by atoms with Gasteiger partial charge in [0.1, 0.15) is 6.20 Å². The van der Waals surface area contributed by atoms with Crippen molar-refractivity contribution in [1.82, 2.24) is 4.98 Å². The van der Waals surface area contributed by atoms with Crippen molar-refractivity contribution in [2.45, 2.75) is 13.3 Å². The second kappa shape index (κ2) is 4.81. The van der Waals surface area contributed by atoms with Gasteiger partial charge in [0.25, 0.3) is 12.1 Å². The number of ether oxygens (including phenoxy) is 1. The molecule has 0 radical (unpaired) electrons. The lowest BCUT2D eigenvalue weighted by atomic mass is 10.1. The first-order valence-corrected chi connectivity index (χ1v) is 4.40. The van der Waals surface area contributed by atoms with Gasteiger partial charge in [-0.2, -0.15) is 0 Å². The van der Waals surface area contributed by atoms with Crippen LogP contribution in [0, 0.1) is 17.0 Å². The second-order valence-electron chi connectivity index (χ2n) is 3.08. The summed E-state index contributed by atoms with van der Waals surface area (Å²) in [5.41, 5.74) is -2.23. The lowest BCUT2D eigenvalue weighted by molar-refractivity contribution is -0.385. The molecule has 0 unspecified atom stereocenters. The van der Waals surface area contributed by atoms with Crippen LogP contribution in [0.5, 0.6) is 0 Å². The minimum absolute atomic E-state index is 0.291. The third-order valence-corrected chi connectivity index (χ3v) is 2.15. The maximum absolute atomic E-state index is 12.8. The molecule has 8 heteroatoms. The van der Waals surface area contributed by atoms with Crippen LogP contribution in [0.15, 0.2) is 6.20 Å². The number of methoxy groups -OCH3 is 1. The number of alkyl halides is 2. The third-order valence-electron chi connectivity index (χ3n) is 2.15. The summed E-state index contributed by atoms with van der Waals surface area (Å²) >= 11 is 0. The van der Waals surface area contributed by atoms with Gasteiger partial charge in [0, 0.05) is 5.56 Å². The van der Waals surface area contributed by atoms with E-state index in [1.165, 1.54) is 0 Å². The molecule has 0 fully saturated rings. The van der Waals surface area contributed by atoms with Gasteiger partial charge in [-0.3, -0.25) is 10.1 Å². The molecule has 1 aromatic rings. The summed E-state index contributed by atoms with van der Waals surface area (Å²) in [7, 11) is 1.01. The van der Waals surface area contributed by atoms with Crippen LogP contribution in [0.1, 0.15) is 28.0 Å². The fraction of sp³-hybridized carbons (Fsp3) is 0.333. The Hall–Kier alpha value is -2.12. The summed E-state index contributed by atoms with van der Waals surface area (Å²) in [6.45, 7) is 1.13. The lowest BCUT2D eigenvalue weighted by Crippen LogP contribution is -2.12. The molecule has 0 aliphatic heterocycles. The number of nitrogens with zero attached hydrogens (tertiary/aromatic N) is 2. The first-order valence-electron chi connectivity index (χ1n) is 4.40. The van der Waals surface area contributed by atoms with Crippen molar-refractivity contribution in [3.05, 3.63) is 33.1 Å². The van der Waals surface area contributed by atoms with E-state index in [-0.39, 0.29) is 5.56 Å². The number of pyridine rings is 1. The lowest BCUT2D eigenvalue weighted by Gasteiger charge is -2.09. The van der Waals surface area contributed by atoms with Crippen molar-refractivity contribution < 1.29 is 23.2 Å². The fourth-order valence-electron chi connectivity index (χ4n) is 1.32. The Morgan fingerprint density at radius 2 is 2.18 bits per heavy atom. The normalized spacial score (nSPS) is 10.4. The first-order chi connectivity index (χ1) is 7.90. The van der Waals surface area contributed by atoms with E-state index in [4.69, 9.17) is 0 Å². The molecule has 0 spiro atoms. The Labute approximate surface area is 94.4 Å². The molecule has 92 valence electrons. The van der Waals surface area contributed by atoms with Gasteiger partial charge in [-0.1, -0.05) is 0 Å². The Kier molecular flexibility index (Phi) is 3.66. The van der Waals surface area contributed by atoms with Crippen LogP contribution in [0.3, 0.4) is 0 Å². The predicted molar refractivity (Wildman–Crippen MR) is 51.9 cm³/mol. The molecular formula is C9H8F2N2O4. The molecule has 6 nitrogen and oxygen atoms in total. The van der Waals surface area contributed by atoms with Gasteiger partial charge in [0.15, 0.2) is 5.69 Å². The average molecular weight is 246 g/mol. The molecule has 1 heterocycles. The zero-order valence-corrected chi connectivity index (χ0v) is 8.94. The van der Waals surface area contributed by atoms with Crippen LogP contribution in [0.25, 0.3) is 0 Å². The van der Waals surface area contributed by atoms with Crippen molar-refractivity contribution in [1.29, 1.82) is 0 Å². The Bertz CT molecular complexity index is 476. The molecule has 0 atom stereocenters. The van der Waals surface area contributed by atoms with E-state index >= 15 is 0 Å². The van der Waals surface area contributed by atoms with E-state index < -0.39 is 34.3 Å². The number of hydrogen-bond donors (Lipinski definition) is 0. The number of carbonyl (C=O) groups excluding carboxylic acids is 1. The van der Waals surface area contributed by atoms with Crippen LogP contribution in [0.2, 0.25) is 0 Å². The highest BCUT2D eigenvalue weighted by atomic mass is 19.3. The van der Waals surface area contributed by atoms with Crippen molar-refractivity contribution in [2.75, 3.05) is 7.11 Å². The van der Waals surface area contributed by atoms with Crippen LogP contribution in [-0.2, 0) is 4.74 Å². The topological polar surface area (TPSA) is 82.3 Å². The van der Waals surface area contributed by atoms with Crippen LogP contribution >= 0.6 is 0 Å². The molecule has 0 N–H and O–H groups in total. The minimum atomic E-state index is -3.04. The van der Waals surface area contributed by atoms with Crippen molar-refractivity contribution in [2.24, 2.45) is 0 Å². The van der Waals surface area contributed by atoms with Gasteiger partial charge in [0.2, 0.25) is 0 Å². The van der Waals surface area contributed by atoms with Crippen LogP contribution < -0.4 is 0 Å². The standard InChI is InChI=1S/C9H8F2N2O4/c1-4-5(13(15)16)3-12-7(9(14)17-2)6(4)8(10)11/h3,8H,1-2H3. The van der Waals surface area contributed by atoms with E-state index in [0.717, 1.165) is 20.2 Å². The highest BCUT2D eigenvalue weighted by Gasteiger charge is 2.28. The molecule has 0 aromatic carbocycles.